The van der Waals surface area contributed by atoms with E-state index < -0.39 is 17.7 Å². The van der Waals surface area contributed by atoms with Gasteiger partial charge in [-0.1, -0.05) is 13.0 Å². The van der Waals surface area contributed by atoms with Gasteiger partial charge in [0.25, 0.3) is 0 Å². The van der Waals surface area contributed by atoms with Gasteiger partial charge in [-0.05, 0) is 67.5 Å². The highest BCUT2D eigenvalue weighted by Gasteiger charge is 2.23. The van der Waals surface area contributed by atoms with Crippen molar-refractivity contribution in [2.24, 2.45) is 13.0 Å². The first-order valence-electron chi connectivity index (χ1n) is 10.1. The Kier molecular flexibility index (Phi) is 5.26. The van der Waals surface area contributed by atoms with Gasteiger partial charge >= 0.3 is 5.97 Å². The number of ether oxygens (including phenoxy) is 1. The molecule has 2 aromatic carbocycles. The van der Waals surface area contributed by atoms with E-state index in [0.29, 0.717) is 11.1 Å². The van der Waals surface area contributed by atoms with Crippen LogP contribution < -0.4 is 4.74 Å². The van der Waals surface area contributed by atoms with E-state index in [0.717, 1.165) is 42.1 Å². The predicted octanol–water partition coefficient (Wildman–Crippen LogP) is 4.96. The number of halogens is 1. The van der Waals surface area contributed by atoms with Gasteiger partial charge in [0.15, 0.2) is 11.6 Å². The molecule has 1 heterocycles. The molecule has 1 atom stereocenters. The fourth-order valence-electron chi connectivity index (χ4n) is 4.05. The number of rotatable bonds is 6. The smallest absolute Gasteiger partial charge is 0.306 e. The van der Waals surface area contributed by atoms with Gasteiger partial charge in [0, 0.05) is 18.0 Å². The number of nitrogens with zero attached hydrogens (tertiary/aromatic N) is 2. The normalized spacial score (nSPS) is 15.7. The first-order valence-corrected chi connectivity index (χ1v) is 10.1. The molecule has 0 aliphatic heterocycles. The van der Waals surface area contributed by atoms with Crippen molar-refractivity contribution < 1.29 is 19.0 Å². The second-order valence-electron chi connectivity index (χ2n) is 7.96. The van der Waals surface area contributed by atoms with Gasteiger partial charge in [-0.3, -0.25) is 9.48 Å². The number of carboxylic acid groups (broad SMARTS) is 1. The zero-order chi connectivity index (χ0) is 20.5. The number of carboxylic acids is 1. The molecular formula is C23H25FN2O3. The first kappa shape index (κ1) is 19.4. The van der Waals surface area contributed by atoms with Crippen LogP contribution in [0.25, 0.3) is 22.0 Å². The lowest BCUT2D eigenvalue weighted by atomic mass is 9.95. The van der Waals surface area contributed by atoms with Crippen LogP contribution in [0.3, 0.4) is 0 Å². The van der Waals surface area contributed by atoms with Crippen LogP contribution in [-0.2, 0) is 18.3 Å². The molecule has 3 aromatic rings. The third-order valence-electron chi connectivity index (χ3n) is 5.71. The Morgan fingerprint density at radius 1 is 1.31 bits per heavy atom. The number of hydrogen-bond acceptors (Lipinski definition) is 3. The van der Waals surface area contributed by atoms with Crippen molar-refractivity contribution in [3.63, 3.8) is 0 Å². The molecule has 1 aliphatic rings. The molecule has 1 saturated carbocycles. The topological polar surface area (TPSA) is 64.4 Å². The number of benzene rings is 2. The Labute approximate surface area is 169 Å². The largest absolute Gasteiger partial charge is 0.487 e. The minimum atomic E-state index is -0.894. The van der Waals surface area contributed by atoms with Crippen LogP contribution in [0.4, 0.5) is 4.39 Å². The van der Waals surface area contributed by atoms with Crippen molar-refractivity contribution in [2.45, 2.75) is 45.1 Å². The maximum atomic E-state index is 15.1. The molecule has 0 spiro atoms. The van der Waals surface area contributed by atoms with Crippen LogP contribution in [0.2, 0.25) is 0 Å². The van der Waals surface area contributed by atoms with E-state index in [9.17, 15) is 9.90 Å². The summed E-state index contributed by atoms with van der Waals surface area (Å²) in [7, 11) is 1.88. The summed E-state index contributed by atoms with van der Waals surface area (Å²) in [4.78, 5) is 11.3. The Balaban J connectivity index is 1.79. The van der Waals surface area contributed by atoms with E-state index in [-0.39, 0.29) is 18.3 Å². The van der Waals surface area contributed by atoms with Crippen LogP contribution in [0.5, 0.6) is 5.75 Å². The van der Waals surface area contributed by atoms with E-state index in [2.05, 4.69) is 5.10 Å². The summed E-state index contributed by atoms with van der Waals surface area (Å²) in [5.41, 5.74) is 3.14. The molecule has 1 aromatic heterocycles. The number of fused-ring (bicyclic) bond motifs is 1. The fourth-order valence-corrected chi connectivity index (χ4v) is 4.05. The fraction of sp³-hybridized carbons (Fsp3) is 0.391. The third kappa shape index (κ3) is 3.97. The van der Waals surface area contributed by atoms with Crippen molar-refractivity contribution in [2.75, 3.05) is 0 Å². The van der Waals surface area contributed by atoms with Gasteiger partial charge in [-0.25, -0.2) is 4.39 Å². The van der Waals surface area contributed by atoms with Gasteiger partial charge in [0.05, 0.1) is 23.7 Å². The standard InChI is InChI=1S/C23H25FN2O3/c1-14(23(27)28)9-15-10-19(16-7-8-21-17(12-16)13-25-26(21)2)22(20(24)11-15)29-18-5-3-4-6-18/h7-8,10-14,18H,3-6,9H2,1-2H3,(H,27,28). The van der Waals surface area contributed by atoms with Crippen molar-refractivity contribution in [1.29, 1.82) is 0 Å². The van der Waals surface area contributed by atoms with Crippen LogP contribution >= 0.6 is 0 Å². The minimum Gasteiger partial charge on any atom is -0.487 e. The lowest BCUT2D eigenvalue weighted by Crippen LogP contribution is -2.14. The summed E-state index contributed by atoms with van der Waals surface area (Å²) < 4.78 is 23.0. The Bertz CT molecular complexity index is 1050. The summed E-state index contributed by atoms with van der Waals surface area (Å²) in [6.45, 7) is 1.63. The quantitative estimate of drug-likeness (QED) is 0.639. The summed E-state index contributed by atoms with van der Waals surface area (Å²) in [5.74, 6) is -1.67. The molecule has 0 bridgehead atoms. The molecule has 0 radical (unpaired) electrons. The van der Waals surface area contributed by atoms with Crippen LogP contribution in [0, 0.1) is 11.7 Å². The lowest BCUT2D eigenvalue weighted by molar-refractivity contribution is -0.141. The van der Waals surface area contributed by atoms with E-state index >= 15 is 4.39 Å². The highest BCUT2D eigenvalue weighted by Crippen LogP contribution is 2.38. The van der Waals surface area contributed by atoms with Crippen LogP contribution in [0.1, 0.15) is 38.2 Å². The molecule has 4 rings (SSSR count). The molecule has 0 amide bonds. The second kappa shape index (κ2) is 7.85. The lowest BCUT2D eigenvalue weighted by Gasteiger charge is -2.19. The van der Waals surface area contributed by atoms with Gasteiger partial charge < -0.3 is 9.84 Å². The SMILES string of the molecule is CC(Cc1cc(F)c(OC2CCCC2)c(-c2ccc3c(cnn3C)c2)c1)C(=O)O. The first-order chi connectivity index (χ1) is 13.9. The van der Waals surface area contributed by atoms with Crippen molar-refractivity contribution in [3.8, 4) is 16.9 Å². The number of hydrogen-bond donors (Lipinski definition) is 1. The van der Waals surface area contributed by atoms with Gasteiger partial charge in [-0.15, -0.1) is 0 Å². The number of aryl methyl sites for hydroxylation is 1. The number of aliphatic carboxylic acids is 1. The molecule has 0 saturated heterocycles. The maximum Gasteiger partial charge on any atom is 0.306 e. The summed E-state index contributed by atoms with van der Waals surface area (Å²) in [6.07, 6.45) is 6.11. The highest BCUT2D eigenvalue weighted by atomic mass is 19.1. The minimum absolute atomic E-state index is 0.0224. The molecule has 1 unspecified atom stereocenters. The molecule has 29 heavy (non-hydrogen) atoms. The van der Waals surface area contributed by atoms with Crippen molar-refractivity contribution in [3.05, 3.63) is 47.9 Å². The molecule has 6 heteroatoms. The van der Waals surface area contributed by atoms with Crippen LogP contribution in [0.15, 0.2) is 36.5 Å². The second-order valence-corrected chi connectivity index (χ2v) is 7.96. The van der Waals surface area contributed by atoms with Gasteiger partial charge in [0.1, 0.15) is 0 Å². The average molecular weight is 396 g/mol. The monoisotopic (exact) mass is 396 g/mol. The predicted molar refractivity (Wildman–Crippen MR) is 109 cm³/mol. The van der Waals surface area contributed by atoms with Gasteiger partial charge in [-0.2, -0.15) is 5.10 Å². The van der Waals surface area contributed by atoms with E-state index in [4.69, 9.17) is 4.74 Å². The third-order valence-corrected chi connectivity index (χ3v) is 5.71. The molecule has 5 nitrogen and oxygen atoms in total. The number of aromatic nitrogens is 2. The Morgan fingerprint density at radius 2 is 2.07 bits per heavy atom. The van der Waals surface area contributed by atoms with Crippen LogP contribution in [-0.4, -0.2) is 27.0 Å². The molecule has 1 N–H and O–H groups in total. The summed E-state index contributed by atoms with van der Waals surface area (Å²) in [5, 5.41) is 14.5. The number of carbonyl (C=O) groups is 1. The molecule has 1 aliphatic carbocycles. The zero-order valence-corrected chi connectivity index (χ0v) is 16.7. The summed E-state index contributed by atoms with van der Waals surface area (Å²) in [6, 6.07) is 9.15. The summed E-state index contributed by atoms with van der Waals surface area (Å²) >= 11 is 0. The van der Waals surface area contributed by atoms with Gasteiger partial charge in [0.2, 0.25) is 0 Å². The Morgan fingerprint density at radius 3 is 2.79 bits per heavy atom. The maximum absolute atomic E-state index is 15.1. The van der Waals surface area contributed by atoms with Crippen molar-refractivity contribution in [1.82, 2.24) is 9.78 Å². The average Bonchev–Trinajstić information content (AvgIpc) is 3.33. The molecule has 1 fully saturated rings. The molecule has 152 valence electrons. The zero-order valence-electron chi connectivity index (χ0n) is 16.7. The van der Waals surface area contributed by atoms with Crippen molar-refractivity contribution >= 4 is 16.9 Å². The van der Waals surface area contributed by atoms with E-state index in [1.54, 1.807) is 17.8 Å². The Hall–Kier alpha value is -2.89. The molecular weight excluding hydrogens is 371 g/mol. The highest BCUT2D eigenvalue weighted by molar-refractivity contribution is 5.86. The van der Waals surface area contributed by atoms with E-state index in [1.165, 1.54) is 6.07 Å². The van der Waals surface area contributed by atoms with E-state index in [1.807, 2.05) is 31.3 Å².